The van der Waals surface area contributed by atoms with Gasteiger partial charge in [-0.15, -0.1) is 0 Å². The first-order chi connectivity index (χ1) is 20.4. The summed E-state index contributed by atoms with van der Waals surface area (Å²) in [5.41, 5.74) is 2.85. The summed E-state index contributed by atoms with van der Waals surface area (Å²) in [5, 5.41) is 9.57. The lowest BCUT2D eigenvalue weighted by molar-refractivity contribution is 0.0695. The summed E-state index contributed by atoms with van der Waals surface area (Å²) in [4.78, 5) is 29.0. The van der Waals surface area contributed by atoms with Crippen LogP contribution in [0.2, 0.25) is 0 Å². The largest absolute Gasteiger partial charge is 0.477 e. The van der Waals surface area contributed by atoms with Crippen molar-refractivity contribution < 1.29 is 14.3 Å². The van der Waals surface area contributed by atoms with Gasteiger partial charge >= 0.3 is 5.97 Å². The van der Waals surface area contributed by atoms with Crippen LogP contribution >= 0.6 is 0 Å². The average Bonchev–Trinajstić information content (AvgIpc) is 3.03. The molecule has 0 amide bonds. The molecule has 1 saturated heterocycles. The number of piperazine rings is 1. The van der Waals surface area contributed by atoms with Crippen molar-refractivity contribution in [2.45, 2.75) is 19.0 Å². The fourth-order valence-electron chi connectivity index (χ4n) is 6.42. The van der Waals surface area contributed by atoms with Gasteiger partial charge in [-0.05, 0) is 35.7 Å². The van der Waals surface area contributed by atoms with Crippen molar-refractivity contribution >= 4 is 22.6 Å². The highest BCUT2D eigenvalue weighted by molar-refractivity contribution is 5.93. The van der Waals surface area contributed by atoms with Crippen LogP contribution in [-0.2, 0) is 12.1 Å². The van der Waals surface area contributed by atoms with Gasteiger partial charge in [0.25, 0.3) is 0 Å². The molecule has 5 aromatic rings. The smallest absolute Gasteiger partial charge is 0.341 e. The second-order valence-electron chi connectivity index (χ2n) is 10.6. The molecular weight excluding hydrogens is 529 g/mol. The Morgan fingerprint density at radius 3 is 1.76 bits per heavy atom. The number of benzene rings is 4. The number of carboxylic acids is 1. The van der Waals surface area contributed by atoms with Gasteiger partial charge in [-0.1, -0.05) is 91.0 Å². The Morgan fingerprint density at radius 1 is 0.810 bits per heavy atom. The number of fused-ring (bicyclic) bond motifs is 1. The highest BCUT2D eigenvalue weighted by Gasteiger charge is 2.43. The van der Waals surface area contributed by atoms with E-state index in [4.69, 9.17) is 0 Å². The number of rotatable bonds is 7. The molecule has 2 heterocycles. The molecule has 212 valence electrons. The first kappa shape index (κ1) is 27.4. The average molecular weight is 562 g/mol. The molecule has 0 spiro atoms. The Bertz CT molecular complexity index is 1680. The molecule has 0 bridgehead atoms. The third-order valence-electron chi connectivity index (χ3n) is 8.39. The number of carbonyl (C=O) groups is 1. The fraction of sp³-hybridized carbons (Fsp3) is 0.200. The van der Waals surface area contributed by atoms with Crippen LogP contribution in [0.15, 0.2) is 114 Å². The van der Waals surface area contributed by atoms with Crippen molar-refractivity contribution in [2.75, 3.05) is 31.1 Å². The van der Waals surface area contributed by atoms with Crippen LogP contribution in [0, 0.1) is 5.82 Å². The molecular formula is C35H32FN3O3. The number of carboxylic acid groups (broad SMARTS) is 1. The number of aryl methyl sites for hydroxylation is 1. The van der Waals surface area contributed by atoms with Gasteiger partial charge < -0.3 is 14.6 Å². The van der Waals surface area contributed by atoms with E-state index in [1.165, 1.54) is 12.3 Å². The minimum atomic E-state index is -1.32. The minimum Gasteiger partial charge on any atom is -0.477 e. The van der Waals surface area contributed by atoms with Crippen LogP contribution < -0.4 is 10.3 Å². The van der Waals surface area contributed by atoms with Crippen molar-refractivity contribution in [1.29, 1.82) is 0 Å². The zero-order chi connectivity index (χ0) is 29.3. The van der Waals surface area contributed by atoms with E-state index in [1.54, 1.807) is 10.6 Å². The monoisotopic (exact) mass is 561 g/mol. The maximum Gasteiger partial charge on any atom is 0.341 e. The Kier molecular flexibility index (Phi) is 7.35. The molecule has 0 unspecified atom stereocenters. The molecule has 1 fully saturated rings. The molecule has 1 aliphatic rings. The van der Waals surface area contributed by atoms with Crippen molar-refractivity contribution in [3.05, 3.63) is 148 Å². The normalized spacial score (nSPS) is 14.3. The predicted octanol–water partition coefficient (Wildman–Crippen LogP) is 5.97. The number of aromatic carboxylic acids is 1. The van der Waals surface area contributed by atoms with Gasteiger partial charge in [0, 0.05) is 44.3 Å². The van der Waals surface area contributed by atoms with E-state index in [-0.39, 0.29) is 10.9 Å². The Labute approximate surface area is 243 Å². The van der Waals surface area contributed by atoms with Crippen LogP contribution in [0.3, 0.4) is 0 Å². The molecule has 0 atom stereocenters. The van der Waals surface area contributed by atoms with E-state index >= 15 is 4.39 Å². The second-order valence-corrected chi connectivity index (χ2v) is 10.6. The molecule has 4 aromatic carbocycles. The van der Waals surface area contributed by atoms with E-state index in [1.807, 2.05) is 30.0 Å². The first-order valence-electron chi connectivity index (χ1n) is 14.2. The van der Waals surface area contributed by atoms with Crippen LogP contribution in [0.4, 0.5) is 10.1 Å². The summed E-state index contributed by atoms with van der Waals surface area (Å²) >= 11 is 0. The third-order valence-corrected chi connectivity index (χ3v) is 8.39. The molecule has 42 heavy (non-hydrogen) atoms. The van der Waals surface area contributed by atoms with Crippen molar-refractivity contribution in [2.24, 2.45) is 0 Å². The second kappa shape index (κ2) is 11.3. The molecule has 0 aliphatic carbocycles. The Balaban J connectivity index is 1.41. The molecule has 1 aliphatic heterocycles. The van der Waals surface area contributed by atoms with E-state index in [2.05, 4.69) is 77.7 Å². The van der Waals surface area contributed by atoms with Crippen LogP contribution in [0.1, 0.15) is 34.0 Å². The maximum atomic E-state index is 15.6. The lowest BCUT2D eigenvalue weighted by Crippen LogP contribution is -2.56. The van der Waals surface area contributed by atoms with E-state index < -0.39 is 22.8 Å². The highest BCUT2D eigenvalue weighted by Crippen LogP contribution is 2.43. The molecule has 6 nitrogen and oxygen atoms in total. The highest BCUT2D eigenvalue weighted by atomic mass is 19.1. The van der Waals surface area contributed by atoms with Crippen molar-refractivity contribution in [1.82, 2.24) is 9.47 Å². The number of pyridine rings is 1. The number of nitrogens with zero attached hydrogens (tertiary/aromatic N) is 3. The SMILES string of the molecule is CCn1cc(C(=O)O)c(=O)c2cc(F)c(N3CCN(C(c4ccccc4)(c4ccccc4)c4ccccc4)CC3)cc21. The molecule has 1 aromatic heterocycles. The van der Waals surface area contributed by atoms with Gasteiger partial charge in [-0.2, -0.15) is 0 Å². The Hall–Kier alpha value is -4.75. The topological polar surface area (TPSA) is 65.8 Å². The summed E-state index contributed by atoms with van der Waals surface area (Å²) in [6, 6.07) is 34.4. The molecule has 0 saturated carbocycles. The summed E-state index contributed by atoms with van der Waals surface area (Å²) in [6.45, 7) is 4.78. The standard InChI is InChI=1S/C35H32FN3O3/c1-2-37-24-29(34(41)42)33(40)28-22-30(36)32(23-31(28)37)38-18-20-39(21-19-38)35(25-12-6-3-7-13-25,26-14-8-4-9-15-26)27-16-10-5-11-17-27/h3-17,22-24H,2,18-21H2,1H3,(H,41,42). The lowest BCUT2D eigenvalue weighted by Gasteiger charge is -2.49. The number of aromatic nitrogens is 1. The lowest BCUT2D eigenvalue weighted by atomic mass is 9.75. The molecule has 0 radical (unpaired) electrons. The van der Waals surface area contributed by atoms with Crippen molar-refractivity contribution in [3.8, 4) is 0 Å². The minimum absolute atomic E-state index is 0.0767. The Morgan fingerprint density at radius 2 is 1.31 bits per heavy atom. The van der Waals surface area contributed by atoms with Crippen LogP contribution in [0.5, 0.6) is 0 Å². The number of hydrogen-bond donors (Lipinski definition) is 1. The van der Waals surface area contributed by atoms with Gasteiger partial charge in [0.05, 0.1) is 16.7 Å². The summed E-state index contributed by atoms with van der Waals surface area (Å²) < 4.78 is 17.3. The van der Waals surface area contributed by atoms with E-state index in [0.29, 0.717) is 43.9 Å². The van der Waals surface area contributed by atoms with Gasteiger partial charge in [-0.3, -0.25) is 9.69 Å². The summed E-state index contributed by atoms with van der Waals surface area (Å²) in [7, 11) is 0. The van der Waals surface area contributed by atoms with Crippen molar-refractivity contribution in [3.63, 3.8) is 0 Å². The third kappa shape index (κ3) is 4.56. The molecule has 6 rings (SSSR count). The van der Waals surface area contributed by atoms with Gasteiger partial charge in [0.2, 0.25) is 5.43 Å². The van der Waals surface area contributed by atoms with E-state index in [0.717, 1.165) is 16.7 Å². The van der Waals surface area contributed by atoms with Gasteiger partial charge in [-0.25, -0.2) is 9.18 Å². The zero-order valence-corrected chi connectivity index (χ0v) is 23.4. The fourth-order valence-corrected chi connectivity index (χ4v) is 6.42. The number of hydrogen-bond acceptors (Lipinski definition) is 4. The van der Waals surface area contributed by atoms with Crippen LogP contribution in [0.25, 0.3) is 10.9 Å². The molecule has 7 heteroatoms. The quantitative estimate of drug-likeness (QED) is 0.248. The maximum absolute atomic E-state index is 15.6. The van der Waals surface area contributed by atoms with Gasteiger partial charge in [0.1, 0.15) is 11.4 Å². The van der Waals surface area contributed by atoms with E-state index in [9.17, 15) is 14.7 Å². The molecule has 1 N–H and O–H groups in total. The number of anilines is 1. The zero-order valence-electron chi connectivity index (χ0n) is 23.4. The number of halogens is 1. The predicted molar refractivity (Wildman–Crippen MR) is 164 cm³/mol. The summed E-state index contributed by atoms with van der Waals surface area (Å²) in [6.07, 6.45) is 1.35. The van der Waals surface area contributed by atoms with Crippen LogP contribution in [-0.4, -0.2) is 46.7 Å². The first-order valence-corrected chi connectivity index (χ1v) is 14.2. The van der Waals surface area contributed by atoms with Gasteiger partial charge in [0.15, 0.2) is 0 Å². The summed E-state index contributed by atoms with van der Waals surface area (Å²) in [5.74, 6) is -1.85.